The Balaban J connectivity index is 2.26. The van der Waals surface area contributed by atoms with E-state index in [1.54, 1.807) is 31.2 Å². The van der Waals surface area contributed by atoms with Gasteiger partial charge in [0.15, 0.2) is 0 Å². The Morgan fingerprint density at radius 2 is 1.76 bits per heavy atom. The third-order valence-electron chi connectivity index (χ3n) is 3.27. The summed E-state index contributed by atoms with van der Waals surface area (Å²) in [6.45, 7) is 3.65. The van der Waals surface area contributed by atoms with Crippen molar-refractivity contribution in [1.29, 1.82) is 0 Å². The second-order valence-corrected chi connectivity index (χ2v) is 6.51. The molecule has 2 aromatic rings. The molecule has 2 rings (SSSR count). The normalized spacial score (nSPS) is 12.9. The highest BCUT2D eigenvalue weighted by Crippen LogP contribution is 2.24. The van der Waals surface area contributed by atoms with Gasteiger partial charge in [-0.3, -0.25) is 0 Å². The monoisotopic (exact) mass is 306 g/mol. The molecule has 0 saturated carbocycles. The number of phenols is 1. The van der Waals surface area contributed by atoms with Crippen molar-refractivity contribution in [2.45, 2.75) is 24.8 Å². The van der Waals surface area contributed by atoms with Gasteiger partial charge in [0.05, 0.1) is 4.90 Å². The third-order valence-corrected chi connectivity index (χ3v) is 4.32. The predicted molar refractivity (Wildman–Crippen MR) is 82.7 cm³/mol. The molecule has 0 radical (unpaired) electrons. The Morgan fingerprint density at radius 1 is 1.14 bits per heavy atom. The lowest BCUT2D eigenvalue weighted by Crippen LogP contribution is -2.14. The molecule has 2 aromatic carbocycles. The highest BCUT2D eigenvalue weighted by Gasteiger charge is 2.13. The fraction of sp³-hybridized carbons (Fsp3) is 0.200. The van der Waals surface area contributed by atoms with E-state index in [0.717, 1.165) is 5.56 Å². The van der Waals surface area contributed by atoms with Crippen molar-refractivity contribution in [3.63, 3.8) is 0 Å². The van der Waals surface area contributed by atoms with Gasteiger partial charge in [0.25, 0.3) is 0 Å². The van der Waals surface area contributed by atoms with E-state index in [0.29, 0.717) is 11.3 Å². The summed E-state index contributed by atoms with van der Waals surface area (Å²) in [5, 5.41) is 17.7. The van der Waals surface area contributed by atoms with Crippen molar-refractivity contribution in [3.05, 3.63) is 53.6 Å². The van der Waals surface area contributed by atoms with Crippen LogP contribution in [0.1, 0.15) is 24.1 Å². The SMILES string of the molecule is Cc1ccc(NC(C)c2ccc(O)cc2)cc1S(N)(=O)=O. The molecule has 1 atom stereocenters. The smallest absolute Gasteiger partial charge is 0.238 e. The maximum Gasteiger partial charge on any atom is 0.238 e. The number of aryl methyl sites for hydroxylation is 1. The van der Waals surface area contributed by atoms with Crippen LogP contribution in [0.25, 0.3) is 0 Å². The van der Waals surface area contributed by atoms with Gasteiger partial charge in [-0.25, -0.2) is 13.6 Å². The van der Waals surface area contributed by atoms with Gasteiger partial charge in [0.1, 0.15) is 5.75 Å². The van der Waals surface area contributed by atoms with Crippen LogP contribution in [0.5, 0.6) is 5.75 Å². The molecule has 6 heteroatoms. The summed E-state index contributed by atoms with van der Waals surface area (Å²) in [7, 11) is -3.74. The first-order valence-corrected chi connectivity index (χ1v) is 8.01. The Bertz CT molecular complexity index is 740. The summed E-state index contributed by atoms with van der Waals surface area (Å²) in [6, 6.07) is 11.8. The zero-order valence-electron chi connectivity index (χ0n) is 11.9. The van der Waals surface area contributed by atoms with Crippen LogP contribution in [0.3, 0.4) is 0 Å². The van der Waals surface area contributed by atoms with E-state index in [4.69, 9.17) is 5.14 Å². The molecule has 0 aliphatic carbocycles. The van der Waals surface area contributed by atoms with E-state index < -0.39 is 10.0 Å². The molecule has 0 aliphatic heterocycles. The molecule has 0 fully saturated rings. The Morgan fingerprint density at radius 3 is 2.33 bits per heavy atom. The molecular weight excluding hydrogens is 288 g/mol. The highest BCUT2D eigenvalue weighted by molar-refractivity contribution is 7.89. The van der Waals surface area contributed by atoms with E-state index in [9.17, 15) is 13.5 Å². The number of hydrogen-bond acceptors (Lipinski definition) is 4. The van der Waals surface area contributed by atoms with Crippen molar-refractivity contribution in [2.75, 3.05) is 5.32 Å². The molecule has 4 N–H and O–H groups in total. The summed E-state index contributed by atoms with van der Waals surface area (Å²) >= 11 is 0. The first-order chi connectivity index (χ1) is 9.77. The van der Waals surface area contributed by atoms with Gasteiger partial charge < -0.3 is 10.4 Å². The first-order valence-electron chi connectivity index (χ1n) is 6.46. The Kier molecular flexibility index (Phi) is 4.20. The zero-order valence-corrected chi connectivity index (χ0v) is 12.7. The summed E-state index contributed by atoms with van der Waals surface area (Å²) in [6.07, 6.45) is 0. The van der Waals surface area contributed by atoms with Gasteiger partial charge in [-0.05, 0) is 49.2 Å². The number of hydrogen-bond donors (Lipinski definition) is 3. The number of nitrogens with two attached hydrogens (primary N) is 1. The fourth-order valence-electron chi connectivity index (χ4n) is 2.09. The lowest BCUT2D eigenvalue weighted by molar-refractivity contribution is 0.475. The van der Waals surface area contributed by atoms with Crippen LogP contribution in [-0.2, 0) is 10.0 Å². The first kappa shape index (κ1) is 15.3. The number of aromatic hydroxyl groups is 1. The van der Waals surface area contributed by atoms with E-state index in [-0.39, 0.29) is 16.7 Å². The van der Waals surface area contributed by atoms with Crippen LogP contribution in [0.4, 0.5) is 5.69 Å². The number of phenolic OH excluding ortho intramolecular Hbond substituents is 1. The Labute approximate surface area is 124 Å². The quantitative estimate of drug-likeness (QED) is 0.809. The van der Waals surface area contributed by atoms with Crippen molar-refractivity contribution in [1.82, 2.24) is 0 Å². The number of benzene rings is 2. The van der Waals surface area contributed by atoms with E-state index >= 15 is 0 Å². The van der Waals surface area contributed by atoms with Crippen LogP contribution in [0.2, 0.25) is 0 Å². The molecular formula is C15H18N2O3S. The van der Waals surface area contributed by atoms with Crippen molar-refractivity contribution in [3.8, 4) is 5.75 Å². The van der Waals surface area contributed by atoms with Gasteiger partial charge in [0.2, 0.25) is 10.0 Å². The molecule has 0 spiro atoms. The standard InChI is InChI=1S/C15H18N2O3S/c1-10-3-6-13(9-15(10)21(16,19)20)17-11(2)12-4-7-14(18)8-5-12/h3-9,11,17-18H,1-2H3,(H2,16,19,20). The molecule has 0 aromatic heterocycles. The zero-order chi connectivity index (χ0) is 15.6. The second-order valence-electron chi connectivity index (χ2n) is 4.98. The van der Waals surface area contributed by atoms with Crippen molar-refractivity contribution < 1.29 is 13.5 Å². The minimum Gasteiger partial charge on any atom is -0.508 e. The maximum absolute atomic E-state index is 11.5. The molecule has 0 saturated heterocycles. The minimum atomic E-state index is -3.74. The maximum atomic E-state index is 11.5. The Hall–Kier alpha value is -2.05. The van der Waals surface area contributed by atoms with E-state index in [1.165, 1.54) is 6.07 Å². The minimum absolute atomic E-state index is 0.0402. The van der Waals surface area contributed by atoms with Crippen molar-refractivity contribution >= 4 is 15.7 Å². The average Bonchev–Trinajstić information content (AvgIpc) is 2.40. The predicted octanol–water partition coefficient (Wildman–Crippen LogP) is 2.52. The number of primary sulfonamides is 1. The molecule has 0 aliphatic rings. The molecule has 1 unspecified atom stereocenters. The average molecular weight is 306 g/mol. The highest BCUT2D eigenvalue weighted by atomic mass is 32.2. The molecule has 0 heterocycles. The summed E-state index contributed by atoms with van der Waals surface area (Å²) in [4.78, 5) is 0.116. The van der Waals surface area contributed by atoms with Crippen LogP contribution in [0, 0.1) is 6.92 Å². The second kappa shape index (κ2) is 5.75. The van der Waals surface area contributed by atoms with Gasteiger partial charge in [0, 0.05) is 11.7 Å². The van der Waals surface area contributed by atoms with Crippen LogP contribution >= 0.6 is 0 Å². The van der Waals surface area contributed by atoms with Gasteiger partial charge in [-0.2, -0.15) is 0 Å². The molecule has 112 valence electrons. The number of sulfonamides is 1. The van der Waals surface area contributed by atoms with E-state index in [2.05, 4.69) is 5.32 Å². The number of nitrogens with one attached hydrogen (secondary N) is 1. The third kappa shape index (κ3) is 3.74. The molecule has 0 bridgehead atoms. The summed E-state index contributed by atoms with van der Waals surface area (Å²) in [5.74, 6) is 0.206. The number of anilines is 1. The van der Waals surface area contributed by atoms with Crippen LogP contribution in [-0.4, -0.2) is 13.5 Å². The van der Waals surface area contributed by atoms with Crippen LogP contribution < -0.4 is 10.5 Å². The van der Waals surface area contributed by atoms with Crippen molar-refractivity contribution in [2.24, 2.45) is 5.14 Å². The van der Waals surface area contributed by atoms with Gasteiger partial charge in [-0.1, -0.05) is 18.2 Å². The lowest BCUT2D eigenvalue weighted by atomic mass is 10.1. The topological polar surface area (TPSA) is 92.4 Å². The van der Waals surface area contributed by atoms with Gasteiger partial charge >= 0.3 is 0 Å². The van der Waals surface area contributed by atoms with E-state index in [1.807, 2.05) is 19.1 Å². The van der Waals surface area contributed by atoms with Gasteiger partial charge in [-0.15, -0.1) is 0 Å². The molecule has 0 amide bonds. The summed E-state index contributed by atoms with van der Waals surface area (Å²) in [5.41, 5.74) is 2.26. The molecule has 5 nitrogen and oxygen atoms in total. The largest absolute Gasteiger partial charge is 0.508 e. The van der Waals surface area contributed by atoms with Crippen LogP contribution in [0.15, 0.2) is 47.4 Å². The number of rotatable bonds is 4. The lowest BCUT2D eigenvalue weighted by Gasteiger charge is -2.17. The molecule has 21 heavy (non-hydrogen) atoms. The summed E-state index contributed by atoms with van der Waals surface area (Å²) < 4.78 is 23.0. The fourth-order valence-corrected chi connectivity index (χ4v) is 2.90.